The van der Waals surface area contributed by atoms with Gasteiger partial charge >= 0.3 is 0 Å². The van der Waals surface area contributed by atoms with Gasteiger partial charge in [-0.15, -0.1) is 0 Å². The van der Waals surface area contributed by atoms with E-state index in [4.69, 9.17) is 0 Å². The van der Waals surface area contributed by atoms with Gasteiger partial charge in [0.2, 0.25) is 0 Å². The fourth-order valence-corrected chi connectivity index (χ4v) is 24.2. The first-order chi connectivity index (χ1) is 41.2. The molecule has 2 nitrogen and oxygen atoms in total. The van der Waals surface area contributed by atoms with E-state index in [1.807, 2.05) is 0 Å². The zero-order valence-electron chi connectivity index (χ0n) is 45.7. The van der Waals surface area contributed by atoms with Crippen LogP contribution in [0.3, 0.4) is 0 Å². The summed E-state index contributed by atoms with van der Waals surface area (Å²) in [5.74, 6) is -0.00283. The Morgan fingerprint density at radius 2 is 0.639 bits per heavy atom. The first-order valence-electron chi connectivity index (χ1n) is 28.9. The molecule has 0 bridgehead atoms. The fourth-order valence-electron chi connectivity index (χ4n) is 14.7. The molecule has 0 N–H and O–H groups in total. The summed E-state index contributed by atoms with van der Waals surface area (Å²) < 4.78 is 5.08. The van der Waals surface area contributed by atoms with Gasteiger partial charge in [0.25, 0.3) is 0 Å². The molecule has 0 aliphatic heterocycles. The molecule has 0 saturated heterocycles. The van der Waals surface area contributed by atoms with Gasteiger partial charge in [0.05, 0.1) is 27.8 Å². The Labute approximate surface area is 486 Å². The van der Waals surface area contributed by atoms with Crippen molar-refractivity contribution >= 4 is 101 Å². The van der Waals surface area contributed by atoms with Gasteiger partial charge in [0.1, 0.15) is 0 Å². The molecule has 1 unspecified atom stereocenters. The summed E-state index contributed by atoms with van der Waals surface area (Å²) in [6.07, 6.45) is 0. The second-order valence-electron chi connectivity index (χ2n) is 22.2. The minimum Gasteiger partial charge on any atom is -0.309 e. The Balaban J connectivity index is 0.888. The maximum absolute atomic E-state index is 2.80. The minimum absolute atomic E-state index is 0.00283. The van der Waals surface area contributed by atoms with Crippen LogP contribution < -0.4 is 41.5 Å². The van der Waals surface area contributed by atoms with Crippen LogP contribution in [0.15, 0.2) is 334 Å². The van der Waals surface area contributed by atoms with Gasteiger partial charge in [0.15, 0.2) is 16.1 Å². The number of hydrogen-bond donors (Lipinski definition) is 0. The Hall–Kier alpha value is -10.1. The lowest BCUT2D eigenvalue weighted by Crippen LogP contribution is -2.74. The number of benzene rings is 13. The summed E-state index contributed by atoms with van der Waals surface area (Å²) in [6, 6.07) is 126. The average molecular weight is 1090 g/mol. The molecular formula is C79H56N2Si2. The van der Waals surface area contributed by atoms with Crippen LogP contribution in [0, 0.1) is 0 Å². The molecule has 15 aromatic rings. The summed E-state index contributed by atoms with van der Waals surface area (Å²) in [5, 5.41) is 15.9. The van der Waals surface area contributed by atoms with Crippen molar-refractivity contribution in [2.24, 2.45) is 0 Å². The molecule has 2 aromatic heterocycles. The van der Waals surface area contributed by atoms with Crippen LogP contribution in [-0.4, -0.2) is 25.3 Å². The quantitative estimate of drug-likeness (QED) is 0.0902. The zero-order valence-corrected chi connectivity index (χ0v) is 47.7. The smallest absolute Gasteiger partial charge is 0.179 e. The molecule has 0 fully saturated rings. The van der Waals surface area contributed by atoms with Crippen LogP contribution in [0.2, 0.25) is 0 Å². The van der Waals surface area contributed by atoms with Crippen molar-refractivity contribution in [2.75, 3.05) is 0 Å². The lowest BCUT2D eigenvalue weighted by molar-refractivity contribution is 0.987. The summed E-state index contributed by atoms with van der Waals surface area (Å²) in [5.41, 5.74) is 13.6. The van der Waals surface area contributed by atoms with Crippen LogP contribution in [-0.2, 0) is 0 Å². The van der Waals surface area contributed by atoms with Crippen molar-refractivity contribution in [3.8, 4) is 22.5 Å². The monoisotopic (exact) mass is 1090 g/mol. The second kappa shape index (κ2) is 19.9. The molecule has 0 spiro atoms. The number of para-hydroxylation sites is 2. The summed E-state index contributed by atoms with van der Waals surface area (Å²) in [6.45, 7) is 0. The molecule has 16 rings (SSSR count). The van der Waals surface area contributed by atoms with E-state index in [0.29, 0.717) is 0 Å². The van der Waals surface area contributed by atoms with Gasteiger partial charge in [-0.2, -0.15) is 0 Å². The first-order valence-corrected chi connectivity index (χ1v) is 32.9. The van der Waals surface area contributed by atoms with Crippen LogP contribution in [0.1, 0.15) is 22.6 Å². The molecule has 83 heavy (non-hydrogen) atoms. The fraction of sp³-hybridized carbons (Fsp3) is 0.0127. The standard InChI is InChI=1S/C79H56N2Si2/c1-7-26-58(27-8-1)82(59-28-9-2-10-29-59,60-30-11-3-12-31-60)64-49-46-56(47-50-64)78-70-41-20-19-38-66(70)71-42-25-45-76(79(71)78)81-74-44-24-21-39-67(74)69-52-48-57(54-77(69)81)80-73-43-23-22-40-68(73)72-55-65(51-53-75(72)80)83(61-32-13-4-14-33-61,62-34-15-5-16-35-62)63-36-17-6-18-37-63/h1-55,78H. The van der Waals surface area contributed by atoms with E-state index >= 15 is 0 Å². The van der Waals surface area contributed by atoms with Gasteiger partial charge in [-0.05, 0) is 106 Å². The first kappa shape index (κ1) is 48.8. The highest BCUT2D eigenvalue weighted by Gasteiger charge is 2.43. The predicted octanol–water partition coefficient (Wildman–Crippen LogP) is 13.8. The van der Waals surface area contributed by atoms with E-state index in [0.717, 1.165) is 5.69 Å². The minimum atomic E-state index is -2.80. The SMILES string of the molecule is c1ccc([Si](c2ccccc2)(c2ccccc2)c2ccc(C3c4ccccc4-c4cccc(-n5c6ccccc6c6ccc(-n7c8ccccc8c8cc([Si](c9ccccc9)(c9ccccc9)c9ccccc9)ccc87)cc65)c43)cc2)cc1. The van der Waals surface area contributed by atoms with Crippen molar-refractivity contribution < 1.29 is 0 Å². The molecule has 1 aliphatic carbocycles. The maximum atomic E-state index is 2.57. The highest BCUT2D eigenvalue weighted by molar-refractivity contribution is 7.20. The number of aromatic nitrogens is 2. The van der Waals surface area contributed by atoms with E-state index in [2.05, 4.69) is 343 Å². The topological polar surface area (TPSA) is 9.86 Å². The molecule has 0 radical (unpaired) electrons. The van der Waals surface area contributed by atoms with E-state index in [9.17, 15) is 0 Å². The molecule has 1 atom stereocenters. The van der Waals surface area contributed by atoms with Crippen LogP contribution in [0.4, 0.5) is 0 Å². The Bertz CT molecular complexity index is 4690. The molecule has 390 valence electrons. The van der Waals surface area contributed by atoms with Crippen LogP contribution >= 0.6 is 0 Å². The lowest BCUT2D eigenvalue weighted by Gasteiger charge is -2.34. The van der Waals surface area contributed by atoms with Gasteiger partial charge in [-0.1, -0.05) is 297 Å². The third-order valence-corrected chi connectivity index (χ3v) is 27.7. The number of rotatable bonds is 11. The molecular weight excluding hydrogens is 1030 g/mol. The summed E-state index contributed by atoms with van der Waals surface area (Å²) >= 11 is 0. The summed E-state index contributed by atoms with van der Waals surface area (Å²) in [7, 11) is -5.55. The third-order valence-electron chi connectivity index (χ3n) is 18.1. The van der Waals surface area contributed by atoms with Gasteiger partial charge in [-0.25, -0.2) is 0 Å². The Morgan fingerprint density at radius 1 is 0.241 bits per heavy atom. The number of nitrogens with zero attached hydrogens (tertiary/aromatic N) is 2. The Morgan fingerprint density at radius 3 is 1.18 bits per heavy atom. The molecule has 13 aromatic carbocycles. The van der Waals surface area contributed by atoms with Crippen molar-refractivity contribution in [3.63, 3.8) is 0 Å². The second-order valence-corrected chi connectivity index (χ2v) is 29.8. The normalized spacial score (nSPS) is 13.2. The highest BCUT2D eigenvalue weighted by atomic mass is 28.3. The summed E-state index contributed by atoms with van der Waals surface area (Å²) in [4.78, 5) is 0. The van der Waals surface area contributed by atoms with Crippen LogP contribution in [0.5, 0.6) is 0 Å². The lowest BCUT2D eigenvalue weighted by atomic mass is 9.88. The zero-order chi connectivity index (χ0) is 54.9. The molecule has 0 saturated carbocycles. The van der Waals surface area contributed by atoms with Gasteiger partial charge < -0.3 is 9.13 Å². The van der Waals surface area contributed by atoms with E-state index < -0.39 is 16.1 Å². The largest absolute Gasteiger partial charge is 0.309 e. The number of hydrogen-bond acceptors (Lipinski definition) is 0. The molecule has 0 amide bonds. The average Bonchev–Trinajstić information content (AvgIpc) is 2.30. The van der Waals surface area contributed by atoms with E-state index in [-0.39, 0.29) is 5.92 Å². The van der Waals surface area contributed by atoms with E-state index in [1.165, 1.54) is 119 Å². The van der Waals surface area contributed by atoms with E-state index in [1.54, 1.807) is 0 Å². The molecule has 2 heterocycles. The highest BCUT2D eigenvalue weighted by Crippen LogP contribution is 2.51. The van der Waals surface area contributed by atoms with Crippen LogP contribution in [0.25, 0.3) is 66.1 Å². The maximum Gasteiger partial charge on any atom is 0.179 e. The van der Waals surface area contributed by atoms with Gasteiger partial charge in [0, 0.05) is 33.2 Å². The van der Waals surface area contributed by atoms with Crippen molar-refractivity contribution in [2.45, 2.75) is 5.92 Å². The van der Waals surface area contributed by atoms with Gasteiger partial charge in [-0.3, -0.25) is 0 Å². The Kier molecular flexibility index (Phi) is 11.7. The predicted molar refractivity (Wildman–Crippen MR) is 355 cm³/mol. The molecule has 4 heteroatoms. The number of fused-ring (bicyclic) bond motifs is 9. The van der Waals surface area contributed by atoms with Crippen molar-refractivity contribution in [1.29, 1.82) is 0 Å². The van der Waals surface area contributed by atoms with Crippen molar-refractivity contribution in [3.05, 3.63) is 350 Å². The van der Waals surface area contributed by atoms with Crippen molar-refractivity contribution in [1.82, 2.24) is 9.13 Å². The molecule has 1 aliphatic rings. The third kappa shape index (κ3) is 7.47.